The number of nitrogens with zero attached hydrogens (tertiary/aromatic N) is 5. The molecule has 0 saturated heterocycles. The van der Waals surface area contributed by atoms with Crippen LogP contribution in [-0.4, -0.2) is 37.6 Å². The first-order chi connectivity index (χ1) is 7.90. The van der Waals surface area contributed by atoms with Gasteiger partial charge in [0.2, 0.25) is 5.95 Å². The summed E-state index contributed by atoms with van der Waals surface area (Å²) in [5.41, 5.74) is 0. The molecule has 2 rings (SSSR count). The zero-order valence-electron chi connectivity index (χ0n) is 8.45. The highest BCUT2D eigenvalue weighted by Gasteiger charge is 2.01. The summed E-state index contributed by atoms with van der Waals surface area (Å²) in [7, 11) is 0. The summed E-state index contributed by atoms with van der Waals surface area (Å²) in [6.45, 7) is 0.506. The van der Waals surface area contributed by atoms with Gasteiger partial charge in [-0.3, -0.25) is 0 Å². The highest BCUT2D eigenvalue weighted by molar-refractivity contribution is 5.50. The van der Waals surface area contributed by atoms with E-state index in [1.165, 1.54) is 11.0 Å². The van der Waals surface area contributed by atoms with Crippen LogP contribution in [0.5, 0.6) is 0 Å². The lowest BCUT2D eigenvalue weighted by Crippen LogP contribution is -2.09. The maximum Gasteiger partial charge on any atom is 0.255 e. The summed E-state index contributed by atoms with van der Waals surface area (Å²) < 4.78 is 1.53. The molecule has 0 spiro atoms. The number of aromatic nitrogens is 5. The molecule has 0 aliphatic carbocycles. The normalized spacial score (nSPS) is 10.0. The number of carbonyl (C=O) groups is 1. The molecule has 0 saturated carbocycles. The summed E-state index contributed by atoms with van der Waals surface area (Å²) in [5, 5.41) is 6.92. The number of hydrogen-bond acceptors (Lipinski definition) is 6. The molecule has 0 bridgehead atoms. The summed E-state index contributed by atoms with van der Waals surface area (Å²) in [6, 6.07) is 1.78. The van der Waals surface area contributed by atoms with Crippen LogP contribution in [0.1, 0.15) is 6.42 Å². The van der Waals surface area contributed by atoms with Gasteiger partial charge in [-0.15, -0.1) is 0 Å². The molecule has 7 heteroatoms. The van der Waals surface area contributed by atoms with Gasteiger partial charge in [-0.25, -0.2) is 9.67 Å². The molecule has 82 valence electrons. The molecule has 0 amide bonds. The molecule has 2 heterocycles. The minimum Gasteiger partial charge on any atom is -0.354 e. The van der Waals surface area contributed by atoms with Gasteiger partial charge < -0.3 is 10.1 Å². The van der Waals surface area contributed by atoms with Gasteiger partial charge in [0, 0.05) is 25.4 Å². The van der Waals surface area contributed by atoms with Gasteiger partial charge in [0.15, 0.2) is 0 Å². The van der Waals surface area contributed by atoms with Crippen LogP contribution in [0.3, 0.4) is 0 Å². The minimum atomic E-state index is 0.419. The molecule has 16 heavy (non-hydrogen) atoms. The lowest BCUT2D eigenvalue weighted by molar-refractivity contribution is -0.107. The monoisotopic (exact) mass is 218 g/mol. The average Bonchev–Trinajstić information content (AvgIpc) is 2.83. The Bertz CT molecular complexity index is 455. The molecule has 7 nitrogen and oxygen atoms in total. The molecular formula is C9H10N6O. The largest absolute Gasteiger partial charge is 0.354 e. The van der Waals surface area contributed by atoms with Gasteiger partial charge >= 0.3 is 0 Å². The lowest BCUT2D eigenvalue weighted by Gasteiger charge is -2.03. The Morgan fingerprint density at radius 3 is 3.12 bits per heavy atom. The lowest BCUT2D eigenvalue weighted by atomic mass is 10.5. The number of aldehydes is 1. The molecule has 2 aromatic heterocycles. The van der Waals surface area contributed by atoms with Crippen LogP contribution in [0.15, 0.2) is 24.8 Å². The van der Waals surface area contributed by atoms with Crippen LogP contribution in [0.25, 0.3) is 5.95 Å². The quantitative estimate of drug-likeness (QED) is 0.564. The molecule has 0 aromatic carbocycles. The molecule has 0 aliphatic rings. The van der Waals surface area contributed by atoms with Crippen molar-refractivity contribution in [1.82, 2.24) is 24.7 Å². The van der Waals surface area contributed by atoms with Crippen molar-refractivity contribution in [2.75, 3.05) is 11.9 Å². The second-order valence-electron chi connectivity index (χ2n) is 2.94. The number of carbonyl (C=O) groups excluding carboxylic acids is 1. The van der Waals surface area contributed by atoms with Crippen molar-refractivity contribution in [3.8, 4) is 5.95 Å². The fourth-order valence-corrected chi connectivity index (χ4v) is 1.11. The second-order valence-corrected chi connectivity index (χ2v) is 2.94. The number of anilines is 1. The first-order valence-electron chi connectivity index (χ1n) is 4.77. The van der Waals surface area contributed by atoms with E-state index in [4.69, 9.17) is 0 Å². The summed E-state index contributed by atoms with van der Waals surface area (Å²) >= 11 is 0. The van der Waals surface area contributed by atoms with Crippen LogP contribution in [0, 0.1) is 0 Å². The van der Waals surface area contributed by atoms with E-state index in [1.54, 1.807) is 18.5 Å². The molecular weight excluding hydrogens is 208 g/mol. The van der Waals surface area contributed by atoms with Crippen LogP contribution in [0.4, 0.5) is 5.95 Å². The highest BCUT2D eigenvalue weighted by atomic mass is 16.1. The molecule has 0 aliphatic heterocycles. The number of nitrogens with one attached hydrogen (secondary N) is 1. The van der Waals surface area contributed by atoms with Crippen molar-refractivity contribution in [3.05, 3.63) is 24.8 Å². The zero-order valence-corrected chi connectivity index (χ0v) is 8.45. The van der Waals surface area contributed by atoms with E-state index in [9.17, 15) is 4.79 Å². The van der Waals surface area contributed by atoms with Gasteiger partial charge in [0.25, 0.3) is 5.95 Å². The fourth-order valence-electron chi connectivity index (χ4n) is 1.11. The Morgan fingerprint density at radius 2 is 2.38 bits per heavy atom. The van der Waals surface area contributed by atoms with Crippen molar-refractivity contribution < 1.29 is 4.79 Å². The van der Waals surface area contributed by atoms with E-state index in [0.717, 1.165) is 6.29 Å². The Hall–Kier alpha value is -2.31. The van der Waals surface area contributed by atoms with Crippen molar-refractivity contribution in [2.24, 2.45) is 0 Å². The third-order valence-corrected chi connectivity index (χ3v) is 1.81. The summed E-state index contributed by atoms with van der Waals surface area (Å²) in [4.78, 5) is 22.2. The van der Waals surface area contributed by atoms with Gasteiger partial charge in [0.05, 0.1) is 0 Å². The Labute approximate surface area is 91.6 Å². The van der Waals surface area contributed by atoms with Crippen molar-refractivity contribution in [2.45, 2.75) is 6.42 Å². The first-order valence-corrected chi connectivity index (χ1v) is 4.77. The number of rotatable bonds is 5. The third kappa shape index (κ3) is 2.38. The SMILES string of the molecule is O=CCCNc1ncnc(-n2cccn2)n1. The standard InChI is InChI=1S/C9H10N6O/c16-6-2-3-10-8-11-7-12-9(14-8)15-5-1-4-13-15/h1,4-7H,2-3H2,(H,10,11,12,14). The van der Waals surface area contributed by atoms with Crippen molar-refractivity contribution in [1.29, 1.82) is 0 Å². The van der Waals surface area contributed by atoms with Crippen LogP contribution in [0.2, 0.25) is 0 Å². The van der Waals surface area contributed by atoms with Crippen LogP contribution in [-0.2, 0) is 4.79 Å². The highest BCUT2D eigenvalue weighted by Crippen LogP contribution is 2.01. The van der Waals surface area contributed by atoms with Gasteiger partial charge in [-0.2, -0.15) is 15.1 Å². The van der Waals surface area contributed by atoms with Crippen molar-refractivity contribution in [3.63, 3.8) is 0 Å². The maximum atomic E-state index is 10.1. The second kappa shape index (κ2) is 4.96. The van der Waals surface area contributed by atoms with E-state index in [1.807, 2.05) is 0 Å². The molecule has 0 unspecified atom stereocenters. The smallest absolute Gasteiger partial charge is 0.255 e. The number of hydrogen-bond donors (Lipinski definition) is 1. The predicted octanol–water partition coefficient (Wildman–Crippen LogP) is 0.0582. The summed E-state index contributed by atoms with van der Waals surface area (Å²) in [5.74, 6) is 0.871. The van der Waals surface area contributed by atoms with Crippen molar-refractivity contribution >= 4 is 12.2 Å². The van der Waals surface area contributed by atoms with E-state index in [2.05, 4.69) is 25.4 Å². The predicted molar refractivity (Wildman–Crippen MR) is 56.1 cm³/mol. The molecule has 2 aromatic rings. The minimum absolute atomic E-state index is 0.419. The van der Waals surface area contributed by atoms with E-state index >= 15 is 0 Å². The first kappa shape index (κ1) is 10.2. The van der Waals surface area contributed by atoms with Crippen LogP contribution < -0.4 is 5.32 Å². The van der Waals surface area contributed by atoms with E-state index in [-0.39, 0.29) is 0 Å². The third-order valence-electron chi connectivity index (χ3n) is 1.81. The zero-order chi connectivity index (χ0) is 11.2. The van der Waals surface area contributed by atoms with Crippen LogP contribution >= 0.6 is 0 Å². The van der Waals surface area contributed by atoms with Gasteiger partial charge in [0.1, 0.15) is 12.6 Å². The molecule has 1 N–H and O–H groups in total. The molecule has 0 atom stereocenters. The molecule has 0 fully saturated rings. The van der Waals surface area contributed by atoms with Gasteiger partial charge in [-0.1, -0.05) is 0 Å². The molecule has 0 radical (unpaired) electrons. The van der Waals surface area contributed by atoms with E-state index < -0.39 is 0 Å². The Kier molecular flexibility index (Phi) is 3.17. The van der Waals surface area contributed by atoms with E-state index in [0.29, 0.717) is 24.9 Å². The van der Waals surface area contributed by atoms with Gasteiger partial charge in [-0.05, 0) is 6.07 Å². The Morgan fingerprint density at radius 1 is 1.44 bits per heavy atom. The Balaban J connectivity index is 2.10. The fraction of sp³-hybridized carbons (Fsp3) is 0.222. The summed E-state index contributed by atoms with van der Waals surface area (Å²) in [6.07, 6.45) is 6.03. The topological polar surface area (TPSA) is 85.6 Å². The maximum absolute atomic E-state index is 10.1. The average molecular weight is 218 g/mol.